The van der Waals surface area contributed by atoms with Gasteiger partial charge in [-0.25, -0.2) is 9.97 Å². The van der Waals surface area contributed by atoms with Crippen LogP contribution in [-0.2, 0) is 0 Å². The summed E-state index contributed by atoms with van der Waals surface area (Å²) in [6.45, 7) is 8.92. The first-order chi connectivity index (χ1) is 12.1. The van der Waals surface area contributed by atoms with Crippen molar-refractivity contribution in [1.29, 1.82) is 0 Å². The lowest BCUT2D eigenvalue weighted by Gasteiger charge is -2.17. The van der Waals surface area contributed by atoms with Crippen LogP contribution in [0.25, 0.3) is 11.2 Å². The highest BCUT2D eigenvalue weighted by molar-refractivity contribution is 5.81. The number of nitrogens with one attached hydrogen (secondary N) is 1. The average Bonchev–Trinajstić information content (AvgIpc) is 2.98. The lowest BCUT2D eigenvalue weighted by atomic mass is 10.1. The van der Waals surface area contributed by atoms with E-state index in [0.29, 0.717) is 36.2 Å². The highest BCUT2D eigenvalue weighted by Gasteiger charge is 2.15. The summed E-state index contributed by atoms with van der Waals surface area (Å²) in [4.78, 5) is 12.7. The molecule has 3 aromatic rings. The van der Waals surface area contributed by atoms with Gasteiger partial charge in [0.15, 0.2) is 28.7 Å². The van der Waals surface area contributed by atoms with Gasteiger partial charge in [-0.2, -0.15) is 4.98 Å². The van der Waals surface area contributed by atoms with Crippen molar-refractivity contribution in [3.63, 3.8) is 0 Å². The van der Waals surface area contributed by atoms with E-state index in [1.54, 1.807) is 6.92 Å². The van der Waals surface area contributed by atoms with E-state index in [4.69, 9.17) is 13.9 Å². The molecule has 2 aromatic heterocycles. The number of nitrogens with zero attached hydrogens (tertiary/aromatic N) is 3. The third kappa shape index (κ3) is 3.65. The van der Waals surface area contributed by atoms with Gasteiger partial charge in [0, 0.05) is 6.92 Å². The van der Waals surface area contributed by atoms with E-state index >= 15 is 0 Å². The molecule has 3 rings (SSSR count). The first-order valence-corrected chi connectivity index (χ1v) is 8.36. The second-order valence-electron chi connectivity index (χ2n) is 5.55. The van der Waals surface area contributed by atoms with Gasteiger partial charge in [0.1, 0.15) is 6.33 Å². The van der Waals surface area contributed by atoms with Gasteiger partial charge in [-0.15, -0.1) is 0 Å². The summed E-state index contributed by atoms with van der Waals surface area (Å²) in [6, 6.07) is 5.92. The summed E-state index contributed by atoms with van der Waals surface area (Å²) in [6.07, 6.45) is 1.46. The fourth-order valence-corrected chi connectivity index (χ4v) is 2.59. The number of oxazole rings is 1. The zero-order valence-corrected chi connectivity index (χ0v) is 14.9. The number of anilines is 1. The fourth-order valence-electron chi connectivity index (χ4n) is 2.59. The Hall–Kier alpha value is -2.83. The molecule has 0 saturated carbocycles. The quantitative estimate of drug-likeness (QED) is 0.697. The molecule has 1 aromatic carbocycles. The number of hydrogen-bond donors (Lipinski definition) is 1. The molecule has 1 N–H and O–H groups in total. The van der Waals surface area contributed by atoms with Gasteiger partial charge in [-0.05, 0) is 38.5 Å². The van der Waals surface area contributed by atoms with E-state index < -0.39 is 0 Å². The Morgan fingerprint density at radius 2 is 1.88 bits per heavy atom. The van der Waals surface area contributed by atoms with E-state index in [-0.39, 0.29) is 6.04 Å². The Morgan fingerprint density at radius 1 is 1.12 bits per heavy atom. The Morgan fingerprint density at radius 3 is 2.64 bits per heavy atom. The SMILES string of the molecule is CCOc1ccc(C(C)Nc2ncnc3oc(C)nc23)cc1OCC. The maximum Gasteiger partial charge on any atom is 0.252 e. The molecule has 0 aliphatic heterocycles. The highest BCUT2D eigenvalue weighted by atomic mass is 16.5. The number of hydrogen-bond acceptors (Lipinski definition) is 7. The smallest absolute Gasteiger partial charge is 0.252 e. The van der Waals surface area contributed by atoms with Crippen molar-refractivity contribution in [2.45, 2.75) is 33.7 Å². The van der Waals surface area contributed by atoms with Gasteiger partial charge < -0.3 is 19.2 Å². The van der Waals surface area contributed by atoms with Crippen LogP contribution in [0.2, 0.25) is 0 Å². The predicted octanol–water partition coefficient (Wildman–Crippen LogP) is 3.90. The van der Waals surface area contributed by atoms with Gasteiger partial charge in [0.25, 0.3) is 5.71 Å². The van der Waals surface area contributed by atoms with Crippen LogP contribution in [0, 0.1) is 6.92 Å². The zero-order chi connectivity index (χ0) is 17.8. The summed E-state index contributed by atoms with van der Waals surface area (Å²) in [5, 5.41) is 3.37. The van der Waals surface area contributed by atoms with Crippen LogP contribution in [-0.4, -0.2) is 28.2 Å². The van der Waals surface area contributed by atoms with Gasteiger partial charge in [-0.1, -0.05) is 6.07 Å². The van der Waals surface area contributed by atoms with Crippen LogP contribution >= 0.6 is 0 Å². The minimum atomic E-state index is -0.00927. The topological polar surface area (TPSA) is 82.3 Å². The number of aromatic nitrogens is 3. The molecular weight excluding hydrogens is 320 g/mol. The Kier molecular flexibility index (Phi) is 5.02. The Bertz CT molecular complexity index is 863. The minimum absolute atomic E-state index is 0.00927. The molecular formula is C18H22N4O3. The van der Waals surface area contributed by atoms with E-state index in [0.717, 1.165) is 17.1 Å². The zero-order valence-electron chi connectivity index (χ0n) is 14.9. The molecule has 0 aliphatic rings. The van der Waals surface area contributed by atoms with Crippen LogP contribution in [0.1, 0.15) is 38.3 Å². The van der Waals surface area contributed by atoms with Crippen molar-refractivity contribution in [2.75, 3.05) is 18.5 Å². The molecule has 0 spiro atoms. The lowest BCUT2D eigenvalue weighted by molar-refractivity contribution is 0.287. The minimum Gasteiger partial charge on any atom is -0.490 e. The molecule has 1 atom stereocenters. The first kappa shape index (κ1) is 17.0. The van der Waals surface area contributed by atoms with Crippen molar-refractivity contribution in [1.82, 2.24) is 15.0 Å². The largest absolute Gasteiger partial charge is 0.490 e. The number of aryl methyl sites for hydroxylation is 1. The fraction of sp³-hybridized carbons (Fsp3) is 0.389. The summed E-state index contributed by atoms with van der Waals surface area (Å²) in [5.74, 6) is 2.68. The third-order valence-corrected chi connectivity index (χ3v) is 3.72. The van der Waals surface area contributed by atoms with Crippen molar-refractivity contribution >= 4 is 17.0 Å². The maximum absolute atomic E-state index is 5.70. The molecule has 7 heteroatoms. The number of benzene rings is 1. The second-order valence-corrected chi connectivity index (χ2v) is 5.55. The standard InChI is InChI=1S/C18H22N4O3/c1-5-23-14-8-7-13(9-15(14)24-6-2)11(3)21-17-16-18(20-10-19-17)25-12(4)22-16/h7-11H,5-6H2,1-4H3,(H,19,20,21). The van der Waals surface area contributed by atoms with Gasteiger partial charge in [0.2, 0.25) is 0 Å². The summed E-state index contributed by atoms with van der Waals surface area (Å²) in [7, 11) is 0. The van der Waals surface area contributed by atoms with Crippen LogP contribution < -0.4 is 14.8 Å². The summed E-state index contributed by atoms with van der Waals surface area (Å²) < 4.78 is 16.8. The Labute approximate surface area is 146 Å². The molecule has 1 unspecified atom stereocenters. The Balaban J connectivity index is 1.87. The monoisotopic (exact) mass is 342 g/mol. The van der Waals surface area contributed by atoms with Crippen molar-refractivity contribution < 1.29 is 13.9 Å². The number of rotatable bonds is 7. The first-order valence-electron chi connectivity index (χ1n) is 8.36. The molecule has 0 bridgehead atoms. The molecule has 0 fully saturated rings. The highest BCUT2D eigenvalue weighted by Crippen LogP contribution is 2.32. The van der Waals surface area contributed by atoms with Crippen LogP contribution in [0.5, 0.6) is 11.5 Å². The third-order valence-electron chi connectivity index (χ3n) is 3.72. The molecule has 0 amide bonds. The maximum atomic E-state index is 5.70. The van der Waals surface area contributed by atoms with Crippen LogP contribution in [0.15, 0.2) is 28.9 Å². The number of fused-ring (bicyclic) bond motifs is 1. The second kappa shape index (κ2) is 7.38. The van der Waals surface area contributed by atoms with Crippen LogP contribution in [0.3, 0.4) is 0 Å². The average molecular weight is 342 g/mol. The van der Waals surface area contributed by atoms with Crippen LogP contribution in [0.4, 0.5) is 5.82 Å². The molecule has 0 saturated heterocycles. The van der Waals surface area contributed by atoms with Gasteiger partial charge in [-0.3, -0.25) is 0 Å². The van der Waals surface area contributed by atoms with Crippen molar-refractivity contribution in [3.8, 4) is 11.5 Å². The van der Waals surface area contributed by atoms with Gasteiger partial charge in [0.05, 0.1) is 19.3 Å². The molecule has 0 aliphatic carbocycles. The van der Waals surface area contributed by atoms with E-state index in [9.17, 15) is 0 Å². The van der Waals surface area contributed by atoms with Crippen molar-refractivity contribution in [3.05, 3.63) is 36.0 Å². The lowest BCUT2D eigenvalue weighted by Crippen LogP contribution is -2.09. The van der Waals surface area contributed by atoms with E-state index in [1.807, 2.05) is 39.0 Å². The van der Waals surface area contributed by atoms with E-state index in [1.165, 1.54) is 6.33 Å². The molecule has 0 radical (unpaired) electrons. The normalized spacial score (nSPS) is 12.2. The van der Waals surface area contributed by atoms with E-state index in [2.05, 4.69) is 20.3 Å². The molecule has 132 valence electrons. The number of ether oxygens (including phenoxy) is 2. The molecule has 25 heavy (non-hydrogen) atoms. The molecule has 7 nitrogen and oxygen atoms in total. The van der Waals surface area contributed by atoms with Crippen molar-refractivity contribution in [2.24, 2.45) is 0 Å². The molecule has 2 heterocycles. The van der Waals surface area contributed by atoms with Gasteiger partial charge >= 0.3 is 0 Å². The predicted molar refractivity (Wildman–Crippen MR) is 95.2 cm³/mol. The summed E-state index contributed by atoms with van der Waals surface area (Å²) in [5.41, 5.74) is 2.16. The summed E-state index contributed by atoms with van der Waals surface area (Å²) >= 11 is 0.